The Labute approximate surface area is 428 Å². The van der Waals surface area contributed by atoms with E-state index in [9.17, 15) is 34.7 Å². The molecule has 1 aromatic carbocycles. The second kappa shape index (κ2) is 26.3. The maximum absolute atomic E-state index is 14.5. The Balaban J connectivity index is 1.38. The lowest BCUT2D eigenvalue weighted by molar-refractivity contribution is -0.318. The van der Waals surface area contributed by atoms with Crippen LogP contribution < -0.4 is 5.32 Å². The van der Waals surface area contributed by atoms with E-state index in [1.54, 1.807) is 41.5 Å². The van der Waals surface area contributed by atoms with Gasteiger partial charge in [0, 0.05) is 70.3 Å². The molecule has 0 amide bonds. The lowest BCUT2D eigenvalue weighted by Gasteiger charge is -2.49. The molecule has 18 atom stereocenters. The van der Waals surface area contributed by atoms with Gasteiger partial charge in [0.15, 0.2) is 12.6 Å². The summed E-state index contributed by atoms with van der Waals surface area (Å²) in [5, 5.41) is 71.8. The van der Waals surface area contributed by atoms with Crippen LogP contribution in [0.2, 0.25) is 0 Å². The van der Waals surface area contributed by atoms with E-state index in [0.29, 0.717) is 52.0 Å². The second-order valence-electron chi connectivity index (χ2n) is 22.2. The van der Waals surface area contributed by atoms with Gasteiger partial charge in [-0.1, -0.05) is 50.3 Å². The first kappa shape index (κ1) is 60.1. The van der Waals surface area contributed by atoms with Crippen LogP contribution in [0.5, 0.6) is 0 Å². The van der Waals surface area contributed by atoms with Crippen LogP contribution in [0.1, 0.15) is 118 Å². The zero-order valence-corrected chi connectivity index (χ0v) is 45.4. The van der Waals surface area contributed by atoms with Gasteiger partial charge in [0.2, 0.25) is 0 Å². The smallest absolute Gasteiger partial charge is 0.311 e. The maximum atomic E-state index is 14.5. The van der Waals surface area contributed by atoms with Gasteiger partial charge >= 0.3 is 5.97 Å². The standard InChI is InChI=1S/C53H91FN6O12/c1-14-42-53(10,66)46(62)36(6)59(12)30-32(2)27-51(8,65)48(34(4)45(35(5)49(64)70-42)71-43-28-52(9,67-13)47(63)37(7)69-43)72-50-44(61)41(26-33(3)68-50)58(11)24-21-40-31-60(57-56-40)25-20-38-16-18-39(19-17-38)29-55-23-15-22-54/h16-19,31-37,41-48,50,55,61-63,65-66H,14-15,20-30H2,1-13H3/t32-,33-,34+,35-,36-,37+,41+,42-,43+,44-,45+,46-,47+,48-,50+,51-,52-,53-/m1/s1. The number of hydrogen-bond acceptors (Lipinski definition) is 17. The van der Waals surface area contributed by atoms with Crippen molar-refractivity contribution in [3.8, 4) is 0 Å². The van der Waals surface area contributed by atoms with Gasteiger partial charge < -0.3 is 69.1 Å². The minimum absolute atomic E-state index is 0.103. The number of hydrogen-bond donors (Lipinski definition) is 6. The van der Waals surface area contributed by atoms with Crippen LogP contribution in [0.15, 0.2) is 30.5 Å². The zero-order chi connectivity index (χ0) is 53.3. The molecule has 72 heavy (non-hydrogen) atoms. The van der Waals surface area contributed by atoms with Crippen LogP contribution in [-0.2, 0) is 59.1 Å². The Hall–Kier alpha value is -2.76. The average Bonchev–Trinajstić information content (AvgIpc) is 3.80. The van der Waals surface area contributed by atoms with Crippen molar-refractivity contribution in [3.63, 3.8) is 0 Å². The Morgan fingerprint density at radius 2 is 1.64 bits per heavy atom. The van der Waals surface area contributed by atoms with Crippen molar-refractivity contribution in [2.24, 2.45) is 17.8 Å². The number of alkyl halides is 1. The first-order chi connectivity index (χ1) is 33.8. The zero-order valence-electron chi connectivity index (χ0n) is 45.4. The van der Waals surface area contributed by atoms with Gasteiger partial charge in [-0.25, -0.2) is 0 Å². The molecular weight excluding hydrogens is 932 g/mol. The minimum atomic E-state index is -1.83. The third kappa shape index (κ3) is 15.2. The van der Waals surface area contributed by atoms with Crippen molar-refractivity contribution in [3.05, 3.63) is 47.3 Å². The number of halogens is 1. The molecule has 0 saturated carbocycles. The van der Waals surface area contributed by atoms with E-state index in [1.807, 2.05) is 50.6 Å². The van der Waals surface area contributed by atoms with Crippen LogP contribution in [0.3, 0.4) is 0 Å². The number of aliphatic hydroxyl groups is 5. The average molecular weight is 1020 g/mol. The molecule has 19 heteroatoms. The summed E-state index contributed by atoms with van der Waals surface area (Å²) in [5.41, 5.74) is -1.39. The van der Waals surface area contributed by atoms with Gasteiger partial charge in [-0.15, -0.1) is 5.10 Å². The normalized spacial score (nSPS) is 39.1. The summed E-state index contributed by atoms with van der Waals surface area (Å²) < 4.78 is 52.6. The third-order valence-electron chi connectivity index (χ3n) is 15.9. The predicted molar refractivity (Wildman–Crippen MR) is 269 cm³/mol. The number of methoxy groups -OCH3 is 1. The lowest BCUT2D eigenvalue weighted by Crippen LogP contribution is -2.61. The molecule has 0 aliphatic carbocycles. The van der Waals surface area contributed by atoms with Gasteiger partial charge in [-0.05, 0) is 118 Å². The minimum Gasteiger partial charge on any atom is -0.459 e. The SMILES string of the molecule is CC[C@H]1OC(=O)[C@H](C)[C@@H](O[C@H]2C[C@@](C)(OC)[C@@H](O)[C@H](C)O2)[C@H](C)[C@@H](O[C@@H]2O[C@H](C)C[C@H](N(C)CCc3cn(CCc4ccc(CNCCCF)cc4)nn3)[C@H]2O)[C@](C)(O)C[C@@H](C)CN(C)[C@H](C)[C@@H](O)[C@]1(C)O. The van der Waals surface area contributed by atoms with E-state index in [-0.39, 0.29) is 38.0 Å². The van der Waals surface area contributed by atoms with Crippen molar-refractivity contribution in [1.29, 1.82) is 0 Å². The van der Waals surface area contributed by atoms with Gasteiger partial charge in [0.05, 0.1) is 53.9 Å². The number of esters is 1. The summed E-state index contributed by atoms with van der Waals surface area (Å²) in [4.78, 5) is 18.5. The number of nitrogens with one attached hydrogen (secondary N) is 1. The molecule has 3 aliphatic rings. The fourth-order valence-electron chi connectivity index (χ4n) is 11.2. The molecule has 6 N–H and O–H groups in total. The highest BCUT2D eigenvalue weighted by Crippen LogP contribution is 2.40. The number of benzene rings is 1. The van der Waals surface area contributed by atoms with Crippen molar-refractivity contribution in [2.45, 2.75) is 218 Å². The first-order valence-corrected chi connectivity index (χ1v) is 26.4. The fourth-order valence-corrected chi connectivity index (χ4v) is 11.2. The number of carbonyl (C=O) groups is 1. The van der Waals surface area contributed by atoms with Crippen LogP contribution >= 0.6 is 0 Å². The number of aromatic nitrogens is 3. The Bertz CT molecular complexity index is 1950. The summed E-state index contributed by atoms with van der Waals surface area (Å²) in [6.45, 7) is 20.2. The number of nitrogens with zero attached hydrogens (tertiary/aromatic N) is 5. The number of carbonyl (C=O) groups excluding carboxylic acids is 1. The molecule has 3 fully saturated rings. The molecule has 0 unspecified atom stereocenters. The molecule has 5 rings (SSSR count). The van der Waals surface area contributed by atoms with Crippen molar-refractivity contribution in [1.82, 2.24) is 30.1 Å². The predicted octanol–water partition coefficient (Wildman–Crippen LogP) is 3.80. The molecule has 1 aromatic heterocycles. The number of aliphatic hydroxyl groups excluding tert-OH is 3. The Kier molecular flexibility index (Phi) is 22.0. The highest BCUT2D eigenvalue weighted by atomic mass is 19.1. The van der Waals surface area contributed by atoms with Crippen molar-refractivity contribution in [2.75, 3.05) is 47.5 Å². The van der Waals surface area contributed by atoms with E-state index < -0.39 is 102 Å². The van der Waals surface area contributed by atoms with Crippen LogP contribution in [0.4, 0.5) is 4.39 Å². The van der Waals surface area contributed by atoms with Gasteiger partial charge in [-0.2, -0.15) is 0 Å². The Morgan fingerprint density at radius 3 is 2.29 bits per heavy atom. The molecule has 0 spiro atoms. The molecular formula is C53H91FN6O12. The molecule has 3 saturated heterocycles. The lowest BCUT2D eigenvalue weighted by atomic mass is 9.77. The summed E-state index contributed by atoms with van der Waals surface area (Å²) in [6.07, 6.45) is -5.18. The van der Waals surface area contributed by atoms with Gasteiger partial charge in [0.1, 0.15) is 30.0 Å². The Morgan fingerprint density at radius 1 is 0.958 bits per heavy atom. The highest BCUT2D eigenvalue weighted by Gasteiger charge is 2.53. The number of aryl methyl sites for hydroxylation is 2. The van der Waals surface area contributed by atoms with E-state index in [1.165, 1.54) is 19.6 Å². The number of likely N-dealkylation sites (N-methyl/N-ethyl adjacent to an activating group) is 2. The fraction of sp³-hybridized carbons (Fsp3) is 0.830. The topological polar surface area (TPSA) is 223 Å². The number of cyclic esters (lactones) is 1. The van der Waals surface area contributed by atoms with Gasteiger partial charge in [0.25, 0.3) is 0 Å². The highest BCUT2D eigenvalue weighted by molar-refractivity contribution is 5.73. The molecule has 4 heterocycles. The molecule has 2 aromatic rings. The maximum Gasteiger partial charge on any atom is 0.311 e. The first-order valence-electron chi connectivity index (χ1n) is 26.4. The number of rotatable bonds is 18. The quantitative estimate of drug-likeness (QED) is 0.0924. The number of ether oxygens (including phenoxy) is 6. The molecule has 3 aliphatic heterocycles. The van der Waals surface area contributed by atoms with E-state index >= 15 is 0 Å². The molecule has 412 valence electrons. The van der Waals surface area contributed by atoms with Crippen molar-refractivity contribution >= 4 is 5.97 Å². The van der Waals surface area contributed by atoms with Crippen LogP contribution in [0, 0.1) is 17.8 Å². The second-order valence-corrected chi connectivity index (χ2v) is 22.2. The molecule has 0 radical (unpaired) electrons. The van der Waals surface area contributed by atoms with Crippen LogP contribution in [0.25, 0.3) is 0 Å². The van der Waals surface area contributed by atoms with Gasteiger partial charge in [-0.3, -0.25) is 13.9 Å². The van der Waals surface area contributed by atoms with E-state index in [2.05, 4.69) is 44.8 Å². The largest absolute Gasteiger partial charge is 0.459 e. The van der Waals surface area contributed by atoms with E-state index in [4.69, 9.17) is 28.4 Å². The summed E-state index contributed by atoms with van der Waals surface area (Å²) in [6, 6.07) is 7.39. The molecule has 0 bridgehead atoms. The molecule has 18 nitrogen and oxygen atoms in total. The summed E-state index contributed by atoms with van der Waals surface area (Å²) >= 11 is 0. The van der Waals surface area contributed by atoms with Crippen LogP contribution in [-0.4, -0.2) is 194 Å². The third-order valence-corrected chi connectivity index (χ3v) is 15.9. The summed E-state index contributed by atoms with van der Waals surface area (Å²) in [7, 11) is 5.29. The van der Waals surface area contributed by atoms with Crippen molar-refractivity contribution < 1.29 is 63.1 Å². The monoisotopic (exact) mass is 1020 g/mol. The van der Waals surface area contributed by atoms with E-state index in [0.717, 1.165) is 17.7 Å². The summed E-state index contributed by atoms with van der Waals surface area (Å²) in [5.74, 6) is -2.77.